The fraction of sp³-hybridized carbons (Fsp3) is 0.300. The van der Waals surface area contributed by atoms with E-state index in [0.717, 1.165) is 0 Å². The quantitative estimate of drug-likeness (QED) is 0.656. The molecule has 8 heteroatoms. The molecule has 0 spiro atoms. The van der Waals surface area contributed by atoms with Gasteiger partial charge in [-0.2, -0.15) is 0 Å². The van der Waals surface area contributed by atoms with Gasteiger partial charge in [0.25, 0.3) is 5.91 Å². The van der Waals surface area contributed by atoms with Gasteiger partial charge >= 0.3 is 5.97 Å². The smallest absolute Gasteiger partial charge is 0.328 e. The van der Waals surface area contributed by atoms with Gasteiger partial charge in [0, 0.05) is 4.47 Å². The van der Waals surface area contributed by atoms with Gasteiger partial charge in [-0.3, -0.25) is 9.59 Å². The Balaban J connectivity index is 1.74. The second-order valence-corrected chi connectivity index (χ2v) is 9.74. The second kappa shape index (κ2) is 8.45. The molecule has 1 fully saturated rings. The van der Waals surface area contributed by atoms with Crippen molar-refractivity contribution >= 4 is 43.3 Å². The van der Waals surface area contributed by atoms with Crippen molar-refractivity contribution in [3.63, 3.8) is 0 Å². The maximum Gasteiger partial charge on any atom is 0.328 e. The Morgan fingerprint density at radius 2 is 1.61 bits per heavy atom. The highest BCUT2D eigenvalue weighted by atomic mass is 79.9. The third-order valence-corrected chi connectivity index (χ3v) is 8.02. The van der Waals surface area contributed by atoms with E-state index in [1.54, 1.807) is 42.5 Å². The van der Waals surface area contributed by atoms with Crippen molar-refractivity contribution in [2.45, 2.75) is 35.3 Å². The number of nitrogens with one attached hydrogen (secondary N) is 1. The van der Waals surface area contributed by atoms with Gasteiger partial charge in [-0.05, 0) is 53.0 Å². The highest BCUT2D eigenvalue weighted by Gasteiger charge is 2.54. The number of benzene rings is 2. The topological polar surface area (TPSA) is 89.5 Å². The lowest BCUT2D eigenvalue weighted by Crippen LogP contribution is -2.46. The summed E-state index contributed by atoms with van der Waals surface area (Å²) in [5, 5.41) is 2.63. The fourth-order valence-electron chi connectivity index (χ4n) is 3.37. The van der Waals surface area contributed by atoms with Crippen LogP contribution in [-0.4, -0.2) is 31.6 Å². The van der Waals surface area contributed by atoms with E-state index >= 15 is 0 Å². The number of hydrogen-bond donors (Lipinski definition) is 1. The minimum absolute atomic E-state index is 0.0894. The van der Waals surface area contributed by atoms with Gasteiger partial charge in [0.05, 0.1) is 10.6 Å². The van der Waals surface area contributed by atoms with Crippen molar-refractivity contribution in [3.8, 4) is 0 Å². The lowest BCUT2D eigenvalue weighted by Gasteiger charge is -2.26. The van der Waals surface area contributed by atoms with Crippen molar-refractivity contribution in [2.75, 3.05) is 11.9 Å². The van der Waals surface area contributed by atoms with Crippen molar-refractivity contribution in [2.24, 2.45) is 0 Å². The number of hydrogen-bond acceptors (Lipinski definition) is 5. The summed E-state index contributed by atoms with van der Waals surface area (Å²) in [7, 11) is -3.93. The Hall–Kier alpha value is -2.19. The summed E-state index contributed by atoms with van der Waals surface area (Å²) < 4.78 is 30.6. The Morgan fingerprint density at radius 3 is 2.25 bits per heavy atom. The van der Waals surface area contributed by atoms with Crippen LogP contribution in [0, 0.1) is 0 Å². The molecule has 148 valence electrons. The molecule has 0 atom stereocenters. The van der Waals surface area contributed by atoms with Crippen LogP contribution in [0.25, 0.3) is 0 Å². The van der Waals surface area contributed by atoms with Crippen molar-refractivity contribution in [1.29, 1.82) is 0 Å². The summed E-state index contributed by atoms with van der Waals surface area (Å²) in [6, 6.07) is 14.9. The lowest BCUT2D eigenvalue weighted by molar-refractivity contribution is -0.149. The summed E-state index contributed by atoms with van der Waals surface area (Å²) in [5.74, 6) is -1.40. The lowest BCUT2D eigenvalue weighted by atomic mass is 10.1. The van der Waals surface area contributed by atoms with Gasteiger partial charge in [0.2, 0.25) is 0 Å². The summed E-state index contributed by atoms with van der Waals surface area (Å²) in [6.45, 7) is -0.549. The normalized spacial score (nSPS) is 15.8. The third kappa shape index (κ3) is 3.98. The van der Waals surface area contributed by atoms with Crippen molar-refractivity contribution < 1.29 is 22.7 Å². The zero-order valence-electron chi connectivity index (χ0n) is 15.1. The molecule has 1 amide bonds. The molecule has 2 aromatic rings. The zero-order valence-corrected chi connectivity index (χ0v) is 17.5. The van der Waals surface area contributed by atoms with E-state index in [-0.39, 0.29) is 17.7 Å². The molecule has 0 radical (unpaired) electrons. The van der Waals surface area contributed by atoms with Gasteiger partial charge in [-0.25, -0.2) is 8.42 Å². The number of amides is 1. The Bertz CT molecular complexity index is 969. The molecule has 0 saturated heterocycles. The van der Waals surface area contributed by atoms with Gasteiger partial charge in [-0.1, -0.05) is 43.2 Å². The zero-order chi connectivity index (χ0) is 20.2. The maximum absolute atomic E-state index is 13.2. The molecular weight excluding hydrogens is 446 g/mol. The highest BCUT2D eigenvalue weighted by Crippen LogP contribution is 2.41. The number of carbonyl (C=O) groups is 2. The first-order valence-electron chi connectivity index (χ1n) is 8.88. The van der Waals surface area contributed by atoms with Crippen molar-refractivity contribution in [3.05, 3.63) is 59.1 Å². The molecule has 28 heavy (non-hydrogen) atoms. The van der Waals surface area contributed by atoms with Crippen LogP contribution in [0.5, 0.6) is 0 Å². The molecule has 1 aliphatic carbocycles. The average molecular weight is 466 g/mol. The van der Waals surface area contributed by atoms with E-state index in [1.807, 2.05) is 0 Å². The number of anilines is 1. The molecule has 0 heterocycles. The van der Waals surface area contributed by atoms with Crippen LogP contribution in [0.2, 0.25) is 0 Å². The molecule has 6 nitrogen and oxygen atoms in total. The van der Waals surface area contributed by atoms with Gasteiger partial charge < -0.3 is 10.1 Å². The summed E-state index contributed by atoms with van der Waals surface area (Å²) in [4.78, 5) is 25.1. The van der Waals surface area contributed by atoms with E-state index in [1.165, 1.54) is 12.1 Å². The van der Waals surface area contributed by atoms with Crippen LogP contribution >= 0.6 is 15.9 Å². The molecule has 1 N–H and O–H groups in total. The standard InChI is InChI=1S/C20H20BrNO5S/c21-16-10-4-5-11-17(16)22-18(23)14-27-19(24)20(12-6-7-13-20)28(25,26)15-8-2-1-3-9-15/h1-5,8-11H,6-7,12-14H2,(H,22,23). The number of halogens is 1. The molecule has 2 aromatic carbocycles. The van der Waals surface area contributed by atoms with Crippen LogP contribution in [0.4, 0.5) is 5.69 Å². The third-order valence-electron chi connectivity index (χ3n) is 4.83. The summed E-state index contributed by atoms with van der Waals surface area (Å²) in [5.41, 5.74) is 0.538. The van der Waals surface area contributed by atoms with E-state index in [4.69, 9.17) is 4.74 Å². The summed E-state index contributed by atoms with van der Waals surface area (Å²) in [6.07, 6.45) is 1.61. The van der Waals surface area contributed by atoms with E-state index < -0.39 is 33.1 Å². The maximum atomic E-state index is 13.2. The molecule has 1 saturated carbocycles. The Morgan fingerprint density at radius 1 is 1.00 bits per heavy atom. The monoisotopic (exact) mass is 465 g/mol. The minimum Gasteiger partial charge on any atom is -0.454 e. The van der Waals surface area contributed by atoms with Crippen LogP contribution in [-0.2, 0) is 24.2 Å². The van der Waals surface area contributed by atoms with Crippen LogP contribution in [0.3, 0.4) is 0 Å². The molecule has 0 unspecified atom stereocenters. The number of ether oxygens (including phenoxy) is 1. The predicted molar refractivity (Wildman–Crippen MR) is 109 cm³/mol. The predicted octanol–water partition coefficient (Wildman–Crippen LogP) is 3.72. The number of para-hydroxylation sites is 1. The molecule has 0 bridgehead atoms. The van der Waals surface area contributed by atoms with Gasteiger partial charge in [-0.15, -0.1) is 0 Å². The highest BCUT2D eigenvalue weighted by molar-refractivity contribution is 9.10. The van der Waals surface area contributed by atoms with E-state index in [0.29, 0.717) is 23.0 Å². The van der Waals surface area contributed by atoms with E-state index in [2.05, 4.69) is 21.2 Å². The first kappa shape index (κ1) is 20.5. The fourth-order valence-corrected chi connectivity index (χ4v) is 5.82. The minimum atomic E-state index is -3.93. The van der Waals surface area contributed by atoms with Crippen LogP contribution < -0.4 is 5.32 Å². The largest absolute Gasteiger partial charge is 0.454 e. The molecule has 0 aromatic heterocycles. The Kier molecular flexibility index (Phi) is 6.20. The SMILES string of the molecule is O=C(COC(=O)C1(S(=O)(=O)c2ccccc2)CCCC1)Nc1ccccc1Br. The number of rotatable bonds is 6. The average Bonchev–Trinajstić information content (AvgIpc) is 3.20. The van der Waals surface area contributed by atoms with Crippen molar-refractivity contribution in [1.82, 2.24) is 0 Å². The van der Waals surface area contributed by atoms with E-state index in [9.17, 15) is 18.0 Å². The number of esters is 1. The second-order valence-electron chi connectivity index (χ2n) is 6.62. The summed E-state index contributed by atoms with van der Waals surface area (Å²) >= 11 is 3.32. The van der Waals surface area contributed by atoms with Gasteiger partial charge in [0.15, 0.2) is 21.2 Å². The first-order chi connectivity index (χ1) is 13.4. The molecule has 1 aliphatic rings. The molecule has 3 rings (SSSR count). The van der Waals surface area contributed by atoms with Crippen LogP contribution in [0.1, 0.15) is 25.7 Å². The number of sulfone groups is 1. The Labute approximate surface area is 172 Å². The number of carbonyl (C=O) groups excluding carboxylic acids is 2. The molecular formula is C20H20BrNO5S. The van der Waals surface area contributed by atoms with Crippen LogP contribution in [0.15, 0.2) is 64.0 Å². The van der Waals surface area contributed by atoms with Gasteiger partial charge in [0.1, 0.15) is 0 Å². The first-order valence-corrected chi connectivity index (χ1v) is 11.2. The molecule has 0 aliphatic heterocycles.